The van der Waals surface area contributed by atoms with Crippen LogP contribution in [0.4, 0.5) is 5.69 Å². The van der Waals surface area contributed by atoms with E-state index in [1.54, 1.807) is 41.0 Å². The molecule has 2 atom stereocenters. The van der Waals surface area contributed by atoms with E-state index in [1.807, 2.05) is 6.07 Å². The standard InChI is InChI=1S/C25H28N8O/c1-4-19-15-31(22-14-24(34)30(3)23-16-32(10-7-26)29-25(22)23)11-12-33(19)17(2)18-5-6-20-21(13-18)28-9-8-27-20/h5-6,8-9,13-14,16-17,19H,4,10-12,15H2,1-3H3/t17-,19+/m0/s1. The van der Waals surface area contributed by atoms with Crippen molar-refractivity contribution >= 4 is 27.8 Å². The van der Waals surface area contributed by atoms with Crippen LogP contribution < -0.4 is 10.5 Å². The summed E-state index contributed by atoms with van der Waals surface area (Å²) in [6, 6.07) is 10.7. The third-order valence-corrected chi connectivity index (χ3v) is 6.98. The highest BCUT2D eigenvalue weighted by atomic mass is 16.1. The molecule has 9 nitrogen and oxygen atoms in total. The van der Waals surface area contributed by atoms with Crippen LogP contribution in [0.3, 0.4) is 0 Å². The van der Waals surface area contributed by atoms with Crippen molar-refractivity contribution in [3.63, 3.8) is 0 Å². The molecule has 0 N–H and O–H groups in total. The molecule has 0 amide bonds. The summed E-state index contributed by atoms with van der Waals surface area (Å²) in [5.74, 6) is 0. The van der Waals surface area contributed by atoms with Gasteiger partial charge in [0.25, 0.3) is 5.56 Å². The molecule has 0 aliphatic carbocycles. The van der Waals surface area contributed by atoms with Crippen LogP contribution >= 0.6 is 0 Å². The highest BCUT2D eigenvalue weighted by molar-refractivity contribution is 5.88. The maximum absolute atomic E-state index is 12.7. The molecule has 0 bridgehead atoms. The molecule has 5 rings (SSSR count). The van der Waals surface area contributed by atoms with E-state index in [4.69, 9.17) is 5.26 Å². The minimum absolute atomic E-state index is 0.0693. The Morgan fingerprint density at radius 3 is 2.74 bits per heavy atom. The summed E-state index contributed by atoms with van der Waals surface area (Å²) < 4.78 is 3.20. The molecule has 0 unspecified atom stereocenters. The Labute approximate surface area is 197 Å². The van der Waals surface area contributed by atoms with Gasteiger partial charge in [0.15, 0.2) is 0 Å². The Hall–Kier alpha value is -3.77. The Kier molecular flexibility index (Phi) is 5.75. The molecule has 1 aliphatic rings. The van der Waals surface area contributed by atoms with Crippen LogP contribution in [0.15, 0.2) is 47.7 Å². The summed E-state index contributed by atoms with van der Waals surface area (Å²) in [5.41, 5.74) is 5.34. The van der Waals surface area contributed by atoms with E-state index in [2.05, 4.69) is 56.9 Å². The molecule has 0 radical (unpaired) electrons. The van der Waals surface area contributed by atoms with Gasteiger partial charge in [0.05, 0.1) is 34.5 Å². The number of aryl methyl sites for hydroxylation is 1. The van der Waals surface area contributed by atoms with Crippen LogP contribution in [-0.2, 0) is 13.6 Å². The third kappa shape index (κ3) is 3.80. The van der Waals surface area contributed by atoms with Crippen molar-refractivity contribution in [2.24, 2.45) is 7.05 Å². The Bertz CT molecular complexity index is 1450. The Morgan fingerprint density at radius 2 is 1.97 bits per heavy atom. The fourth-order valence-corrected chi connectivity index (χ4v) is 5.03. The summed E-state index contributed by atoms with van der Waals surface area (Å²) in [5, 5.41) is 13.7. The lowest BCUT2D eigenvalue weighted by atomic mass is 10.0. The number of rotatable bonds is 5. The van der Waals surface area contributed by atoms with E-state index < -0.39 is 0 Å². The number of aromatic nitrogens is 5. The summed E-state index contributed by atoms with van der Waals surface area (Å²) in [7, 11) is 1.75. The number of piperazine rings is 1. The SMILES string of the molecule is CC[C@@H]1CN(c2cc(=O)n(C)c3cn(CC#N)nc23)CCN1[C@@H](C)c1ccc2nccnc2c1. The number of nitrogens with zero attached hydrogens (tertiary/aromatic N) is 8. The van der Waals surface area contributed by atoms with Crippen molar-refractivity contribution in [1.82, 2.24) is 29.2 Å². The number of fused-ring (bicyclic) bond motifs is 2. The maximum Gasteiger partial charge on any atom is 0.252 e. The molecular weight excluding hydrogens is 428 g/mol. The van der Waals surface area contributed by atoms with E-state index in [9.17, 15) is 4.79 Å². The van der Waals surface area contributed by atoms with Crippen molar-refractivity contribution in [1.29, 1.82) is 5.26 Å². The number of hydrogen-bond donors (Lipinski definition) is 0. The van der Waals surface area contributed by atoms with Crippen LogP contribution in [0.1, 0.15) is 31.9 Å². The molecule has 34 heavy (non-hydrogen) atoms. The van der Waals surface area contributed by atoms with Crippen LogP contribution in [0.5, 0.6) is 0 Å². The Morgan fingerprint density at radius 1 is 1.18 bits per heavy atom. The predicted octanol–water partition coefficient (Wildman–Crippen LogP) is 2.86. The predicted molar refractivity (Wildman–Crippen MR) is 132 cm³/mol. The zero-order valence-electron chi connectivity index (χ0n) is 19.7. The molecule has 174 valence electrons. The third-order valence-electron chi connectivity index (χ3n) is 6.98. The molecule has 9 heteroatoms. The van der Waals surface area contributed by atoms with Gasteiger partial charge in [-0.15, -0.1) is 0 Å². The fourth-order valence-electron chi connectivity index (χ4n) is 5.03. The summed E-state index contributed by atoms with van der Waals surface area (Å²) >= 11 is 0. The van der Waals surface area contributed by atoms with Gasteiger partial charge in [-0.3, -0.25) is 24.3 Å². The summed E-state index contributed by atoms with van der Waals surface area (Å²) in [6.07, 6.45) is 6.22. The average Bonchev–Trinajstić information content (AvgIpc) is 3.29. The molecule has 0 saturated carbocycles. The zero-order valence-corrected chi connectivity index (χ0v) is 19.7. The highest BCUT2D eigenvalue weighted by Crippen LogP contribution is 2.31. The zero-order chi connectivity index (χ0) is 23.8. The molecule has 4 aromatic rings. The second-order valence-corrected chi connectivity index (χ2v) is 8.87. The molecule has 1 aromatic carbocycles. The minimum atomic E-state index is -0.0693. The first-order valence-electron chi connectivity index (χ1n) is 11.7. The van der Waals surface area contributed by atoms with Crippen LogP contribution in [0, 0.1) is 11.3 Å². The number of hydrogen-bond acceptors (Lipinski definition) is 7. The van der Waals surface area contributed by atoms with Crippen LogP contribution in [0.25, 0.3) is 22.1 Å². The monoisotopic (exact) mass is 456 g/mol. The molecule has 4 heterocycles. The van der Waals surface area contributed by atoms with Crippen molar-refractivity contribution in [2.75, 3.05) is 24.5 Å². The molecular formula is C25H28N8O. The first-order valence-corrected chi connectivity index (χ1v) is 11.7. The lowest BCUT2D eigenvalue weighted by Crippen LogP contribution is -2.53. The second-order valence-electron chi connectivity index (χ2n) is 8.87. The van der Waals surface area contributed by atoms with Gasteiger partial charge in [0.2, 0.25) is 0 Å². The van der Waals surface area contributed by atoms with Gasteiger partial charge in [0, 0.05) is 57.2 Å². The Balaban J connectivity index is 1.44. The van der Waals surface area contributed by atoms with E-state index in [0.29, 0.717) is 6.04 Å². The topological polar surface area (TPSA) is 95.9 Å². The fraction of sp³-hybridized carbons (Fsp3) is 0.400. The molecule has 1 saturated heterocycles. The van der Waals surface area contributed by atoms with Gasteiger partial charge in [-0.2, -0.15) is 10.4 Å². The molecule has 1 fully saturated rings. The second kappa shape index (κ2) is 8.88. The van der Waals surface area contributed by atoms with Crippen LogP contribution in [0.2, 0.25) is 0 Å². The van der Waals surface area contributed by atoms with Gasteiger partial charge < -0.3 is 9.47 Å². The van der Waals surface area contributed by atoms with E-state index in [0.717, 1.165) is 53.8 Å². The lowest BCUT2D eigenvalue weighted by molar-refractivity contribution is 0.124. The van der Waals surface area contributed by atoms with E-state index in [1.165, 1.54) is 5.56 Å². The first kappa shape index (κ1) is 22.0. The van der Waals surface area contributed by atoms with Crippen molar-refractivity contribution < 1.29 is 0 Å². The number of nitriles is 1. The number of anilines is 1. The maximum atomic E-state index is 12.7. The summed E-state index contributed by atoms with van der Waals surface area (Å²) in [4.78, 5) is 26.4. The summed E-state index contributed by atoms with van der Waals surface area (Å²) in [6.45, 7) is 7.08. The van der Waals surface area contributed by atoms with Gasteiger partial charge in [-0.25, -0.2) is 0 Å². The van der Waals surface area contributed by atoms with Crippen molar-refractivity contribution in [2.45, 2.75) is 38.9 Å². The normalized spacial score (nSPS) is 17.8. The first-order chi connectivity index (χ1) is 16.5. The van der Waals surface area contributed by atoms with Gasteiger partial charge in [0.1, 0.15) is 12.1 Å². The molecule has 3 aromatic heterocycles. The van der Waals surface area contributed by atoms with Crippen molar-refractivity contribution in [3.8, 4) is 6.07 Å². The van der Waals surface area contributed by atoms with Gasteiger partial charge in [-0.1, -0.05) is 13.0 Å². The minimum Gasteiger partial charge on any atom is -0.367 e. The van der Waals surface area contributed by atoms with Crippen molar-refractivity contribution in [3.05, 3.63) is 58.8 Å². The van der Waals surface area contributed by atoms with E-state index >= 15 is 0 Å². The molecule has 0 spiro atoms. The smallest absolute Gasteiger partial charge is 0.252 e. The average molecular weight is 457 g/mol. The van der Waals surface area contributed by atoms with Crippen LogP contribution in [-0.4, -0.2) is 54.9 Å². The van der Waals surface area contributed by atoms with E-state index in [-0.39, 0.29) is 18.1 Å². The van der Waals surface area contributed by atoms with Gasteiger partial charge >= 0.3 is 0 Å². The largest absolute Gasteiger partial charge is 0.367 e. The highest BCUT2D eigenvalue weighted by Gasteiger charge is 2.31. The number of benzene rings is 1. The number of pyridine rings is 1. The lowest BCUT2D eigenvalue weighted by Gasteiger charge is -2.45. The van der Waals surface area contributed by atoms with Gasteiger partial charge in [-0.05, 0) is 31.0 Å². The molecule has 1 aliphatic heterocycles. The quantitative estimate of drug-likeness (QED) is 0.456.